The normalized spacial score (nSPS) is 11.1. The van der Waals surface area contributed by atoms with Gasteiger partial charge in [-0.3, -0.25) is 9.10 Å². The maximum atomic E-state index is 12.3. The first-order valence-electron chi connectivity index (χ1n) is 8.16. The lowest BCUT2D eigenvalue weighted by Crippen LogP contribution is -2.37. The van der Waals surface area contributed by atoms with Crippen LogP contribution in [0.5, 0.6) is 5.75 Å². The van der Waals surface area contributed by atoms with Crippen LogP contribution in [0.4, 0.5) is 11.4 Å². The van der Waals surface area contributed by atoms with Gasteiger partial charge in [-0.05, 0) is 48.9 Å². The van der Waals surface area contributed by atoms with Crippen molar-refractivity contribution in [1.29, 1.82) is 0 Å². The molecule has 0 saturated heterocycles. The van der Waals surface area contributed by atoms with Crippen LogP contribution in [-0.4, -0.2) is 33.7 Å². The molecule has 2 rings (SSSR count). The molecule has 27 heavy (non-hydrogen) atoms. The summed E-state index contributed by atoms with van der Waals surface area (Å²) in [5, 5.41) is 3.26. The van der Waals surface area contributed by atoms with Gasteiger partial charge in [-0.15, -0.1) is 0 Å². The van der Waals surface area contributed by atoms with Crippen LogP contribution in [0.25, 0.3) is 0 Å². The molecule has 0 spiro atoms. The molecule has 1 N–H and O–H groups in total. The number of nitrogens with zero attached hydrogens (tertiary/aromatic N) is 1. The fourth-order valence-corrected chi connectivity index (χ4v) is 3.39. The lowest BCUT2D eigenvalue weighted by atomic mass is 10.3. The van der Waals surface area contributed by atoms with Gasteiger partial charge in [0.2, 0.25) is 15.9 Å². The van der Waals surface area contributed by atoms with Gasteiger partial charge in [0, 0.05) is 5.69 Å². The minimum atomic E-state index is -3.67. The predicted molar refractivity (Wildman–Crippen MR) is 110 cm³/mol. The van der Waals surface area contributed by atoms with E-state index < -0.39 is 15.9 Å². The van der Waals surface area contributed by atoms with Gasteiger partial charge < -0.3 is 10.1 Å². The van der Waals surface area contributed by atoms with Crippen molar-refractivity contribution in [2.75, 3.05) is 29.0 Å². The number of hydrogen-bond donors (Lipinski definition) is 1. The van der Waals surface area contributed by atoms with E-state index in [1.54, 1.807) is 36.4 Å². The molecular formula is C18H20Cl2N2O4S. The Labute approximate surface area is 169 Å². The number of nitrogens with one attached hydrogen (secondary N) is 1. The van der Waals surface area contributed by atoms with Crippen LogP contribution in [0.2, 0.25) is 10.0 Å². The van der Waals surface area contributed by atoms with Crippen molar-refractivity contribution in [1.82, 2.24) is 0 Å². The number of carbonyl (C=O) groups excluding carboxylic acids is 1. The number of benzene rings is 2. The van der Waals surface area contributed by atoms with E-state index in [0.717, 1.165) is 17.0 Å². The summed E-state index contributed by atoms with van der Waals surface area (Å²) in [5.74, 6) is 0.124. The van der Waals surface area contributed by atoms with Gasteiger partial charge in [-0.2, -0.15) is 0 Å². The molecule has 1 amide bonds. The van der Waals surface area contributed by atoms with Crippen LogP contribution < -0.4 is 14.4 Å². The lowest BCUT2D eigenvalue weighted by Gasteiger charge is -2.22. The molecule has 2 aromatic rings. The molecule has 0 saturated carbocycles. The number of rotatable bonds is 8. The minimum absolute atomic E-state index is 0.289. The van der Waals surface area contributed by atoms with Crippen molar-refractivity contribution in [2.24, 2.45) is 0 Å². The first kappa shape index (κ1) is 21.3. The molecule has 9 heteroatoms. The van der Waals surface area contributed by atoms with Gasteiger partial charge >= 0.3 is 0 Å². The molecular weight excluding hydrogens is 411 g/mol. The molecule has 0 atom stereocenters. The van der Waals surface area contributed by atoms with Gasteiger partial charge in [0.05, 0.1) is 28.6 Å². The summed E-state index contributed by atoms with van der Waals surface area (Å²) in [4.78, 5) is 12.3. The molecule has 0 radical (unpaired) electrons. The zero-order valence-corrected chi connectivity index (χ0v) is 17.2. The highest BCUT2D eigenvalue weighted by Crippen LogP contribution is 2.25. The molecule has 6 nitrogen and oxygen atoms in total. The molecule has 0 fully saturated rings. The van der Waals surface area contributed by atoms with Gasteiger partial charge in [-0.25, -0.2) is 8.42 Å². The Bertz CT molecular complexity index is 902. The third-order valence-electron chi connectivity index (χ3n) is 3.49. The summed E-state index contributed by atoms with van der Waals surface area (Å²) in [6.45, 7) is 2.18. The summed E-state index contributed by atoms with van der Waals surface area (Å²) in [6.07, 6.45) is 1.91. The van der Waals surface area contributed by atoms with Gasteiger partial charge in [-0.1, -0.05) is 30.1 Å². The number of sulfonamides is 1. The van der Waals surface area contributed by atoms with Crippen LogP contribution in [0.1, 0.15) is 13.3 Å². The highest BCUT2D eigenvalue weighted by molar-refractivity contribution is 7.92. The number of carbonyl (C=O) groups is 1. The smallest absolute Gasteiger partial charge is 0.245 e. The van der Waals surface area contributed by atoms with Crippen molar-refractivity contribution in [3.8, 4) is 5.75 Å². The van der Waals surface area contributed by atoms with Crippen LogP contribution >= 0.6 is 23.2 Å². The summed E-state index contributed by atoms with van der Waals surface area (Å²) in [5.41, 5.74) is 0.789. The third kappa shape index (κ3) is 6.30. The Kier molecular flexibility index (Phi) is 7.35. The lowest BCUT2D eigenvalue weighted by molar-refractivity contribution is -0.114. The third-order valence-corrected chi connectivity index (χ3v) is 5.37. The van der Waals surface area contributed by atoms with Crippen molar-refractivity contribution in [3.63, 3.8) is 0 Å². The van der Waals surface area contributed by atoms with Crippen molar-refractivity contribution in [3.05, 3.63) is 52.5 Å². The summed E-state index contributed by atoms with van der Waals surface area (Å²) >= 11 is 11.8. The molecule has 0 aliphatic heterocycles. The minimum Gasteiger partial charge on any atom is -0.494 e. The molecule has 146 valence electrons. The molecule has 0 aliphatic rings. The predicted octanol–water partition coefficient (Wildman–Crippen LogP) is 4.19. The Morgan fingerprint density at radius 3 is 2.33 bits per heavy atom. The molecule has 0 heterocycles. The number of ether oxygens (including phenoxy) is 1. The maximum Gasteiger partial charge on any atom is 0.245 e. The van der Waals surface area contributed by atoms with Crippen molar-refractivity contribution < 1.29 is 17.9 Å². The zero-order chi connectivity index (χ0) is 20.0. The second-order valence-electron chi connectivity index (χ2n) is 5.79. The standard InChI is InChI=1S/C18H20Cl2N2O4S/c1-3-10-26-15-7-5-14(6-8-15)22(27(2,24)25)12-18(23)21-13-4-9-16(19)17(20)11-13/h4-9,11H,3,10,12H2,1-2H3,(H,21,23). The van der Waals surface area contributed by atoms with E-state index in [4.69, 9.17) is 27.9 Å². The van der Waals surface area contributed by atoms with E-state index in [2.05, 4.69) is 5.32 Å². The van der Waals surface area contributed by atoms with Crippen LogP contribution in [0.15, 0.2) is 42.5 Å². The zero-order valence-electron chi connectivity index (χ0n) is 14.9. The molecule has 0 aliphatic carbocycles. The van der Waals surface area contributed by atoms with Gasteiger partial charge in [0.1, 0.15) is 12.3 Å². The first-order valence-corrected chi connectivity index (χ1v) is 10.8. The number of hydrogen-bond acceptors (Lipinski definition) is 4. The van der Waals surface area contributed by atoms with Crippen molar-refractivity contribution in [2.45, 2.75) is 13.3 Å². The van der Waals surface area contributed by atoms with Crippen molar-refractivity contribution >= 4 is 50.5 Å². The van der Waals surface area contributed by atoms with E-state index in [-0.39, 0.29) is 11.6 Å². The van der Waals surface area contributed by atoms with Crippen LogP contribution in [0, 0.1) is 0 Å². The summed E-state index contributed by atoms with van der Waals surface area (Å²) in [6, 6.07) is 11.1. The Balaban J connectivity index is 2.14. The molecule has 0 bridgehead atoms. The quantitative estimate of drug-likeness (QED) is 0.680. The van der Waals surface area contributed by atoms with E-state index >= 15 is 0 Å². The van der Waals surface area contributed by atoms with Crippen LogP contribution in [-0.2, 0) is 14.8 Å². The SMILES string of the molecule is CCCOc1ccc(N(CC(=O)Nc2ccc(Cl)c(Cl)c2)S(C)(=O)=O)cc1. The van der Waals surface area contributed by atoms with E-state index in [0.29, 0.717) is 28.8 Å². The summed E-state index contributed by atoms with van der Waals surface area (Å²) in [7, 11) is -3.67. The average Bonchev–Trinajstić information content (AvgIpc) is 2.61. The number of anilines is 2. The monoisotopic (exact) mass is 430 g/mol. The highest BCUT2D eigenvalue weighted by Gasteiger charge is 2.21. The van der Waals surface area contributed by atoms with E-state index in [9.17, 15) is 13.2 Å². The molecule has 0 aromatic heterocycles. The Hall–Kier alpha value is -1.96. The Morgan fingerprint density at radius 1 is 1.11 bits per heavy atom. The van der Waals surface area contributed by atoms with Gasteiger partial charge in [0.15, 0.2) is 0 Å². The topological polar surface area (TPSA) is 75.7 Å². The fourth-order valence-electron chi connectivity index (χ4n) is 2.23. The number of amides is 1. The van der Waals surface area contributed by atoms with E-state index in [1.165, 1.54) is 6.07 Å². The Morgan fingerprint density at radius 2 is 1.78 bits per heavy atom. The molecule has 2 aromatic carbocycles. The largest absolute Gasteiger partial charge is 0.494 e. The highest BCUT2D eigenvalue weighted by atomic mass is 35.5. The fraction of sp³-hybridized carbons (Fsp3) is 0.278. The second-order valence-corrected chi connectivity index (χ2v) is 8.51. The summed E-state index contributed by atoms with van der Waals surface area (Å²) < 4.78 is 30.8. The second kappa shape index (κ2) is 9.30. The first-order chi connectivity index (χ1) is 12.7. The van der Waals surface area contributed by atoms with E-state index in [1.807, 2.05) is 6.92 Å². The number of halogens is 2. The van der Waals surface area contributed by atoms with Crippen LogP contribution in [0.3, 0.4) is 0 Å². The van der Waals surface area contributed by atoms with Gasteiger partial charge in [0.25, 0.3) is 0 Å². The maximum absolute atomic E-state index is 12.3. The molecule has 0 unspecified atom stereocenters. The average molecular weight is 431 g/mol.